The maximum Gasteiger partial charge on any atom is 0.180 e. The fourth-order valence-electron chi connectivity index (χ4n) is 2.19. The number of hydrogen-bond donors (Lipinski definition) is 1. The highest BCUT2D eigenvalue weighted by molar-refractivity contribution is 7.13. The summed E-state index contributed by atoms with van der Waals surface area (Å²) in [6, 6.07) is 2.23. The average Bonchev–Trinajstić information content (AvgIpc) is 2.85. The van der Waals surface area contributed by atoms with Crippen LogP contribution in [0.15, 0.2) is 11.4 Å². The lowest BCUT2D eigenvalue weighted by Gasteiger charge is -2.11. The third kappa shape index (κ3) is 3.26. The van der Waals surface area contributed by atoms with Crippen LogP contribution < -0.4 is 5.73 Å². The van der Waals surface area contributed by atoms with Gasteiger partial charge in [-0.1, -0.05) is 19.9 Å². The Hall–Kier alpha value is -1.55. The normalized spacial score (nSPS) is 11.8. The van der Waals surface area contributed by atoms with E-state index in [2.05, 4.69) is 49.4 Å². The number of nitrogen functional groups attached to an aromatic ring is 1. The molecular formula is C15H21N3S. The smallest absolute Gasteiger partial charge is 0.180 e. The van der Waals surface area contributed by atoms with Crippen LogP contribution in [0.4, 0.5) is 5.13 Å². The van der Waals surface area contributed by atoms with Crippen LogP contribution in [0.1, 0.15) is 36.5 Å². The number of rotatable bonds is 4. The van der Waals surface area contributed by atoms with Crippen LogP contribution in [0.5, 0.6) is 0 Å². The molecule has 4 heteroatoms. The zero-order valence-electron chi connectivity index (χ0n) is 12.0. The molecule has 0 bridgehead atoms. The van der Waals surface area contributed by atoms with Gasteiger partial charge in [-0.05, 0) is 37.5 Å². The summed E-state index contributed by atoms with van der Waals surface area (Å²) in [5, 5.41) is 2.59. The van der Waals surface area contributed by atoms with Gasteiger partial charge in [0.1, 0.15) is 0 Å². The van der Waals surface area contributed by atoms with Crippen LogP contribution in [0, 0.1) is 19.8 Å². The minimum Gasteiger partial charge on any atom is -0.375 e. The molecule has 2 heterocycles. The molecule has 0 atom stereocenters. The van der Waals surface area contributed by atoms with E-state index < -0.39 is 0 Å². The zero-order chi connectivity index (χ0) is 14.0. The second-order valence-corrected chi connectivity index (χ2v) is 6.16. The molecule has 0 saturated carbocycles. The van der Waals surface area contributed by atoms with E-state index in [1.165, 1.54) is 28.3 Å². The van der Waals surface area contributed by atoms with E-state index in [-0.39, 0.29) is 0 Å². The molecule has 0 fully saturated rings. The molecule has 2 N–H and O–H groups in total. The van der Waals surface area contributed by atoms with Gasteiger partial charge in [-0.25, -0.2) is 4.98 Å². The lowest BCUT2D eigenvalue weighted by Crippen LogP contribution is -2.07. The number of nitrogens with two attached hydrogens (primary N) is 1. The molecule has 0 amide bonds. The van der Waals surface area contributed by atoms with Crippen molar-refractivity contribution < 1.29 is 0 Å². The fourth-order valence-corrected chi connectivity index (χ4v) is 2.73. The first kappa shape index (κ1) is 13.9. The molecule has 2 rings (SSSR count). The van der Waals surface area contributed by atoms with Gasteiger partial charge in [-0.2, -0.15) is 0 Å². The SMILES string of the molecule is Cc1cc(/C=C/c2csc(N)n2)c(C)n1CC(C)C. The van der Waals surface area contributed by atoms with Crippen molar-refractivity contribution in [2.24, 2.45) is 5.92 Å². The predicted octanol–water partition coefficient (Wildman–Crippen LogP) is 3.97. The number of aryl methyl sites for hydroxylation is 1. The van der Waals surface area contributed by atoms with Gasteiger partial charge in [0.05, 0.1) is 5.69 Å². The molecule has 0 aliphatic rings. The van der Waals surface area contributed by atoms with Crippen LogP contribution in [-0.4, -0.2) is 9.55 Å². The molecule has 0 aromatic carbocycles. The highest BCUT2D eigenvalue weighted by atomic mass is 32.1. The second-order valence-electron chi connectivity index (χ2n) is 5.27. The standard InChI is InChI=1S/C15H21N3S/c1-10(2)8-18-11(3)7-13(12(18)4)5-6-14-9-19-15(16)17-14/h5-7,9-10H,8H2,1-4H3,(H2,16,17)/b6-5+. The fraction of sp³-hybridized carbons (Fsp3) is 0.400. The summed E-state index contributed by atoms with van der Waals surface area (Å²) in [6.45, 7) is 9.88. The monoisotopic (exact) mass is 275 g/mol. The summed E-state index contributed by atoms with van der Waals surface area (Å²) in [6.07, 6.45) is 4.14. The van der Waals surface area contributed by atoms with Crippen molar-refractivity contribution >= 4 is 28.6 Å². The third-order valence-electron chi connectivity index (χ3n) is 3.13. The van der Waals surface area contributed by atoms with Crippen molar-refractivity contribution in [3.63, 3.8) is 0 Å². The summed E-state index contributed by atoms with van der Waals surface area (Å²) in [7, 11) is 0. The van der Waals surface area contributed by atoms with E-state index >= 15 is 0 Å². The first-order valence-electron chi connectivity index (χ1n) is 6.53. The van der Waals surface area contributed by atoms with Gasteiger partial charge in [0.15, 0.2) is 5.13 Å². The van der Waals surface area contributed by atoms with E-state index in [1.54, 1.807) is 0 Å². The van der Waals surface area contributed by atoms with Crippen molar-refractivity contribution in [2.75, 3.05) is 5.73 Å². The molecular weight excluding hydrogens is 254 g/mol. The van der Waals surface area contributed by atoms with Crippen molar-refractivity contribution in [1.29, 1.82) is 0 Å². The van der Waals surface area contributed by atoms with Crippen LogP contribution in [0.3, 0.4) is 0 Å². The highest BCUT2D eigenvalue weighted by Gasteiger charge is 2.08. The minimum atomic E-state index is 0.616. The van der Waals surface area contributed by atoms with Crippen LogP contribution in [0.25, 0.3) is 12.2 Å². The van der Waals surface area contributed by atoms with Crippen molar-refractivity contribution in [2.45, 2.75) is 34.2 Å². The second kappa shape index (κ2) is 5.61. The molecule has 3 nitrogen and oxygen atoms in total. The van der Waals surface area contributed by atoms with Gasteiger partial charge in [0.25, 0.3) is 0 Å². The summed E-state index contributed by atoms with van der Waals surface area (Å²) in [4.78, 5) is 4.24. The third-order valence-corrected chi connectivity index (χ3v) is 3.83. The molecule has 0 saturated heterocycles. The quantitative estimate of drug-likeness (QED) is 0.917. The van der Waals surface area contributed by atoms with E-state index in [0.29, 0.717) is 11.0 Å². The summed E-state index contributed by atoms with van der Waals surface area (Å²) < 4.78 is 2.37. The zero-order valence-corrected chi connectivity index (χ0v) is 12.8. The van der Waals surface area contributed by atoms with Crippen molar-refractivity contribution in [3.8, 4) is 0 Å². The van der Waals surface area contributed by atoms with Gasteiger partial charge in [0, 0.05) is 23.3 Å². The summed E-state index contributed by atoms with van der Waals surface area (Å²) in [5.41, 5.74) is 10.4. The maximum absolute atomic E-state index is 5.63. The van der Waals surface area contributed by atoms with Gasteiger partial charge in [0.2, 0.25) is 0 Å². The lowest BCUT2D eigenvalue weighted by atomic mass is 10.2. The van der Waals surface area contributed by atoms with Crippen molar-refractivity contribution in [3.05, 3.63) is 34.1 Å². The van der Waals surface area contributed by atoms with Crippen LogP contribution in [0.2, 0.25) is 0 Å². The number of nitrogens with zero attached hydrogens (tertiary/aromatic N) is 2. The Kier molecular flexibility index (Phi) is 4.10. The number of hydrogen-bond acceptors (Lipinski definition) is 3. The number of anilines is 1. The molecule has 0 spiro atoms. The Morgan fingerprint density at radius 1 is 1.37 bits per heavy atom. The van der Waals surface area contributed by atoms with Crippen LogP contribution >= 0.6 is 11.3 Å². The van der Waals surface area contributed by atoms with Crippen LogP contribution in [-0.2, 0) is 6.54 Å². The van der Waals surface area contributed by atoms with E-state index in [4.69, 9.17) is 5.73 Å². The first-order valence-corrected chi connectivity index (χ1v) is 7.41. The summed E-state index contributed by atoms with van der Waals surface area (Å²) >= 11 is 1.47. The Bertz CT molecular complexity index is 591. The van der Waals surface area contributed by atoms with Gasteiger partial charge in [-0.15, -0.1) is 11.3 Å². The van der Waals surface area contributed by atoms with E-state index in [9.17, 15) is 0 Å². The van der Waals surface area contributed by atoms with Gasteiger partial charge in [-0.3, -0.25) is 0 Å². The average molecular weight is 275 g/mol. The molecule has 0 radical (unpaired) electrons. The molecule has 0 aliphatic carbocycles. The van der Waals surface area contributed by atoms with Crippen molar-refractivity contribution in [1.82, 2.24) is 9.55 Å². The molecule has 19 heavy (non-hydrogen) atoms. The predicted molar refractivity (Wildman–Crippen MR) is 84.2 cm³/mol. The lowest BCUT2D eigenvalue weighted by molar-refractivity contribution is 0.509. The topological polar surface area (TPSA) is 43.8 Å². The number of thiazole rings is 1. The molecule has 2 aromatic heterocycles. The Labute approximate surface area is 118 Å². The highest BCUT2D eigenvalue weighted by Crippen LogP contribution is 2.20. The Morgan fingerprint density at radius 3 is 2.68 bits per heavy atom. The Balaban J connectivity index is 2.24. The molecule has 102 valence electrons. The van der Waals surface area contributed by atoms with E-state index in [1.807, 2.05) is 11.5 Å². The molecule has 0 aliphatic heterocycles. The first-order chi connectivity index (χ1) is 8.97. The maximum atomic E-state index is 5.63. The molecule has 2 aromatic rings. The van der Waals surface area contributed by atoms with Gasteiger partial charge < -0.3 is 10.3 Å². The number of aromatic nitrogens is 2. The largest absolute Gasteiger partial charge is 0.375 e. The van der Waals surface area contributed by atoms with E-state index in [0.717, 1.165) is 12.2 Å². The van der Waals surface area contributed by atoms with Gasteiger partial charge >= 0.3 is 0 Å². The summed E-state index contributed by atoms with van der Waals surface area (Å²) in [5.74, 6) is 0.653. The Morgan fingerprint density at radius 2 is 2.11 bits per heavy atom. The minimum absolute atomic E-state index is 0.616. The molecule has 0 unspecified atom stereocenters.